The van der Waals surface area contributed by atoms with Crippen molar-refractivity contribution in [3.8, 4) is 17.6 Å². The summed E-state index contributed by atoms with van der Waals surface area (Å²) in [6, 6.07) is 15.2. The minimum absolute atomic E-state index is 0.232. The number of nitrogens with zero attached hydrogens (tertiary/aromatic N) is 2. The van der Waals surface area contributed by atoms with Gasteiger partial charge in [0.05, 0.1) is 5.56 Å². The third-order valence-electron chi connectivity index (χ3n) is 4.14. The smallest absolute Gasteiger partial charge is 0.254 e. The Bertz CT molecular complexity index is 1120. The Morgan fingerprint density at radius 2 is 2.14 bits per heavy atom. The Hall–Kier alpha value is -3.37. The number of carbonyl (C=O) groups excluding carboxylic acids is 1. The maximum absolute atomic E-state index is 12.0. The maximum atomic E-state index is 12.0. The van der Waals surface area contributed by atoms with E-state index in [0.29, 0.717) is 46.4 Å². The summed E-state index contributed by atoms with van der Waals surface area (Å²) in [7, 11) is 0. The van der Waals surface area contributed by atoms with Gasteiger partial charge in [0.2, 0.25) is 0 Å². The standard InChI is InChI=1S/C22H19N3O3S/c1-15-4-2-6-19(10-15)28-20-8-7-16(11-18(20)12-23)14-29-22-24-13-17(5-3-9-26)21(27)25-22/h2,4,6-11,13H,3,5,14H2,1H3,(H,24,25,27). The van der Waals surface area contributed by atoms with Crippen molar-refractivity contribution in [2.45, 2.75) is 30.7 Å². The topological polar surface area (TPSA) is 95.8 Å². The van der Waals surface area contributed by atoms with Crippen LogP contribution in [-0.2, 0) is 17.0 Å². The molecule has 2 aromatic carbocycles. The lowest BCUT2D eigenvalue weighted by molar-refractivity contribution is -0.107. The number of thioether (sulfide) groups is 1. The third kappa shape index (κ3) is 5.56. The predicted molar refractivity (Wildman–Crippen MR) is 111 cm³/mol. The van der Waals surface area contributed by atoms with Crippen LogP contribution >= 0.6 is 11.8 Å². The molecule has 7 heteroatoms. The summed E-state index contributed by atoms with van der Waals surface area (Å²) >= 11 is 1.36. The van der Waals surface area contributed by atoms with Gasteiger partial charge in [0.1, 0.15) is 23.9 Å². The fourth-order valence-corrected chi connectivity index (χ4v) is 3.45. The van der Waals surface area contributed by atoms with E-state index in [1.54, 1.807) is 12.1 Å². The van der Waals surface area contributed by atoms with Crippen LogP contribution in [0.5, 0.6) is 11.5 Å². The number of ether oxygens (including phenoxy) is 1. The van der Waals surface area contributed by atoms with Crippen molar-refractivity contribution < 1.29 is 9.53 Å². The van der Waals surface area contributed by atoms with Gasteiger partial charge in [-0.05, 0) is 48.7 Å². The number of hydrogen-bond donors (Lipinski definition) is 1. The molecular weight excluding hydrogens is 386 g/mol. The van der Waals surface area contributed by atoms with Gasteiger partial charge in [-0.2, -0.15) is 5.26 Å². The Balaban J connectivity index is 1.69. The van der Waals surface area contributed by atoms with E-state index in [4.69, 9.17) is 4.74 Å². The summed E-state index contributed by atoms with van der Waals surface area (Å²) in [5.41, 5.74) is 2.69. The number of aryl methyl sites for hydroxylation is 2. The summed E-state index contributed by atoms with van der Waals surface area (Å²) in [6.45, 7) is 1.98. The summed E-state index contributed by atoms with van der Waals surface area (Å²) < 4.78 is 5.85. The van der Waals surface area contributed by atoms with Gasteiger partial charge >= 0.3 is 0 Å². The molecule has 0 fully saturated rings. The molecule has 0 spiro atoms. The summed E-state index contributed by atoms with van der Waals surface area (Å²) in [4.78, 5) is 29.4. The fraction of sp³-hybridized carbons (Fsp3) is 0.182. The second-order valence-electron chi connectivity index (χ2n) is 6.40. The molecule has 1 aromatic heterocycles. The number of carbonyl (C=O) groups is 1. The number of hydrogen-bond acceptors (Lipinski definition) is 6. The van der Waals surface area contributed by atoms with Crippen molar-refractivity contribution in [1.29, 1.82) is 5.26 Å². The molecule has 0 amide bonds. The number of nitriles is 1. The molecule has 0 saturated heterocycles. The molecule has 0 aliphatic rings. The summed E-state index contributed by atoms with van der Waals surface area (Å²) in [6.07, 6.45) is 2.96. The van der Waals surface area contributed by atoms with E-state index in [2.05, 4.69) is 16.0 Å². The number of aldehydes is 1. The highest BCUT2D eigenvalue weighted by Crippen LogP contribution is 2.28. The molecule has 0 saturated carbocycles. The Morgan fingerprint density at radius 3 is 2.86 bits per heavy atom. The first kappa shape index (κ1) is 20.4. The molecular formula is C22H19N3O3S. The van der Waals surface area contributed by atoms with Gasteiger partial charge in [-0.15, -0.1) is 0 Å². The molecule has 0 aliphatic heterocycles. The van der Waals surface area contributed by atoms with Crippen LogP contribution in [0.3, 0.4) is 0 Å². The van der Waals surface area contributed by atoms with Gasteiger partial charge in [0.15, 0.2) is 5.16 Å². The SMILES string of the molecule is Cc1cccc(Oc2ccc(CSc3ncc(CCC=O)c(=O)[nH]3)cc2C#N)c1. The van der Waals surface area contributed by atoms with Crippen molar-refractivity contribution in [1.82, 2.24) is 9.97 Å². The van der Waals surface area contributed by atoms with Crippen LogP contribution in [0.4, 0.5) is 0 Å². The van der Waals surface area contributed by atoms with Gasteiger partial charge in [0, 0.05) is 23.9 Å². The number of aromatic amines is 1. The van der Waals surface area contributed by atoms with Gasteiger partial charge in [-0.3, -0.25) is 4.79 Å². The van der Waals surface area contributed by atoms with Crippen LogP contribution in [0.2, 0.25) is 0 Å². The first-order valence-corrected chi connectivity index (χ1v) is 10.00. The Labute approximate surface area is 172 Å². The van der Waals surface area contributed by atoms with Crippen LogP contribution in [0.1, 0.15) is 28.7 Å². The summed E-state index contributed by atoms with van der Waals surface area (Å²) in [5, 5.41) is 9.97. The molecule has 0 aliphatic carbocycles. The van der Waals surface area contributed by atoms with Gasteiger partial charge < -0.3 is 14.5 Å². The van der Waals surface area contributed by atoms with Crippen molar-refractivity contribution in [3.05, 3.63) is 81.3 Å². The van der Waals surface area contributed by atoms with Crippen molar-refractivity contribution in [2.24, 2.45) is 0 Å². The van der Waals surface area contributed by atoms with E-state index in [9.17, 15) is 14.9 Å². The molecule has 6 nitrogen and oxygen atoms in total. The first-order valence-electron chi connectivity index (χ1n) is 9.01. The average Bonchev–Trinajstić information content (AvgIpc) is 2.72. The van der Waals surface area contributed by atoms with Crippen LogP contribution in [0, 0.1) is 18.3 Å². The fourth-order valence-electron chi connectivity index (χ4n) is 2.67. The highest BCUT2D eigenvalue weighted by molar-refractivity contribution is 7.98. The average molecular weight is 405 g/mol. The minimum atomic E-state index is -0.232. The molecule has 3 rings (SSSR count). The molecule has 3 aromatic rings. The van der Waals surface area contributed by atoms with E-state index in [1.165, 1.54) is 18.0 Å². The van der Waals surface area contributed by atoms with E-state index in [0.717, 1.165) is 17.4 Å². The molecule has 29 heavy (non-hydrogen) atoms. The lowest BCUT2D eigenvalue weighted by atomic mass is 10.1. The van der Waals surface area contributed by atoms with Crippen LogP contribution in [-0.4, -0.2) is 16.3 Å². The molecule has 0 unspecified atom stereocenters. The second kappa shape index (κ2) is 9.71. The Morgan fingerprint density at radius 1 is 1.28 bits per heavy atom. The normalized spacial score (nSPS) is 10.3. The third-order valence-corrected chi connectivity index (χ3v) is 5.10. The van der Waals surface area contributed by atoms with Crippen molar-refractivity contribution in [3.63, 3.8) is 0 Å². The zero-order valence-corrected chi connectivity index (χ0v) is 16.7. The van der Waals surface area contributed by atoms with Gasteiger partial charge in [0.25, 0.3) is 5.56 Å². The predicted octanol–water partition coefficient (Wildman–Crippen LogP) is 4.17. The van der Waals surface area contributed by atoms with Gasteiger partial charge in [-0.25, -0.2) is 4.98 Å². The molecule has 0 atom stereocenters. The van der Waals surface area contributed by atoms with E-state index < -0.39 is 0 Å². The van der Waals surface area contributed by atoms with Gasteiger partial charge in [-0.1, -0.05) is 30.0 Å². The number of H-pyrrole nitrogens is 1. The zero-order valence-electron chi connectivity index (χ0n) is 15.8. The number of rotatable bonds is 8. The van der Waals surface area contributed by atoms with E-state index in [-0.39, 0.29) is 5.56 Å². The quantitative estimate of drug-likeness (QED) is 0.343. The van der Waals surface area contributed by atoms with Crippen LogP contribution < -0.4 is 10.3 Å². The molecule has 1 heterocycles. The molecule has 146 valence electrons. The van der Waals surface area contributed by atoms with E-state index >= 15 is 0 Å². The first-order chi connectivity index (χ1) is 14.1. The largest absolute Gasteiger partial charge is 0.456 e. The number of aromatic nitrogens is 2. The number of benzene rings is 2. The van der Waals surface area contributed by atoms with Crippen molar-refractivity contribution >= 4 is 18.0 Å². The lowest BCUT2D eigenvalue weighted by Gasteiger charge is -2.09. The lowest BCUT2D eigenvalue weighted by Crippen LogP contribution is -2.14. The van der Waals surface area contributed by atoms with Crippen molar-refractivity contribution in [2.75, 3.05) is 0 Å². The highest BCUT2D eigenvalue weighted by Gasteiger charge is 2.08. The Kier molecular flexibility index (Phi) is 6.82. The monoisotopic (exact) mass is 405 g/mol. The van der Waals surface area contributed by atoms with E-state index in [1.807, 2.05) is 37.3 Å². The minimum Gasteiger partial charge on any atom is -0.456 e. The van der Waals surface area contributed by atoms with Crippen LogP contribution in [0.15, 0.2) is 58.6 Å². The number of nitrogens with one attached hydrogen (secondary N) is 1. The molecule has 0 bridgehead atoms. The highest BCUT2D eigenvalue weighted by atomic mass is 32.2. The second-order valence-corrected chi connectivity index (χ2v) is 7.36. The summed E-state index contributed by atoms with van der Waals surface area (Å²) in [5.74, 6) is 1.72. The zero-order chi connectivity index (χ0) is 20.6. The molecule has 1 N–H and O–H groups in total. The maximum Gasteiger partial charge on any atom is 0.254 e. The molecule has 0 radical (unpaired) electrons. The van der Waals surface area contributed by atoms with Crippen LogP contribution in [0.25, 0.3) is 0 Å².